The van der Waals surface area contributed by atoms with E-state index in [1.807, 2.05) is 4.90 Å². The van der Waals surface area contributed by atoms with E-state index in [1.165, 1.54) is 41.4 Å². The normalized spacial score (nSPS) is 19.8. The van der Waals surface area contributed by atoms with Gasteiger partial charge in [0.15, 0.2) is 5.82 Å². The highest BCUT2D eigenvalue weighted by Crippen LogP contribution is 2.42. The van der Waals surface area contributed by atoms with E-state index >= 15 is 8.78 Å². The first kappa shape index (κ1) is 36.5. The van der Waals surface area contributed by atoms with E-state index in [0.29, 0.717) is 47.5 Å². The number of fused-ring (bicyclic) bond motifs is 5. The fourth-order valence-electron chi connectivity index (χ4n) is 9.60. The molecule has 4 fully saturated rings. The number of ether oxygens (including phenoxy) is 1. The van der Waals surface area contributed by atoms with Crippen LogP contribution >= 0.6 is 0 Å². The Morgan fingerprint density at radius 2 is 1.84 bits per heavy atom. The van der Waals surface area contributed by atoms with Gasteiger partial charge in [-0.3, -0.25) is 19.5 Å². The molecule has 13 heteroatoms. The number of anilines is 2. The Morgan fingerprint density at radius 3 is 2.56 bits per heavy atom. The maximum atomic E-state index is 17.2. The summed E-state index contributed by atoms with van der Waals surface area (Å²) in [6, 6.07) is 12.2. The molecule has 4 aliphatic heterocycles. The number of amides is 2. The highest BCUT2D eigenvalue weighted by molar-refractivity contribution is 6.04. The standard InChI is InChI=1S/C44H41F2N7O4/c1-4-32-35(45)14-11-26-20-31(54)21-33(37(26)32)39-38(46)40-34(22-47-39)41(49-43(48-40)57-25-44-15-7-17-52(44)18-8-16-44)51-23-29-12-13-30(24-51)53(29)42(56)27-9-6-10-28(19-27)50(3)36(55)5-2/h1,5-6,9-11,14,19-22,29-30,54H,2,7-8,12-13,15-18,23-25H2,3H3. The first-order chi connectivity index (χ1) is 27.6. The van der Waals surface area contributed by atoms with Crippen LogP contribution in [0, 0.1) is 24.0 Å². The van der Waals surface area contributed by atoms with Crippen LogP contribution in [-0.2, 0) is 4.79 Å². The Labute approximate surface area is 328 Å². The lowest BCUT2D eigenvalue weighted by atomic mass is 9.95. The van der Waals surface area contributed by atoms with E-state index in [1.54, 1.807) is 31.3 Å². The van der Waals surface area contributed by atoms with Gasteiger partial charge in [0.25, 0.3) is 5.91 Å². The van der Waals surface area contributed by atoms with Gasteiger partial charge < -0.3 is 24.5 Å². The Bertz CT molecular complexity index is 2520. The number of aromatic nitrogens is 3. The molecule has 5 aromatic rings. The molecule has 1 N–H and O–H groups in total. The predicted octanol–water partition coefficient (Wildman–Crippen LogP) is 6.46. The third-order valence-electron chi connectivity index (χ3n) is 12.4. The predicted molar refractivity (Wildman–Crippen MR) is 213 cm³/mol. The summed E-state index contributed by atoms with van der Waals surface area (Å²) in [6.07, 6.45) is 14.2. The molecule has 0 spiro atoms. The third kappa shape index (κ3) is 6.10. The van der Waals surface area contributed by atoms with Crippen LogP contribution in [0.25, 0.3) is 32.9 Å². The van der Waals surface area contributed by atoms with E-state index in [2.05, 4.69) is 32.3 Å². The number of carbonyl (C=O) groups is 2. The minimum Gasteiger partial charge on any atom is -0.508 e. The smallest absolute Gasteiger partial charge is 0.319 e. The number of nitrogens with zero attached hydrogens (tertiary/aromatic N) is 7. The molecular formula is C44H41F2N7O4. The zero-order chi connectivity index (χ0) is 39.6. The summed E-state index contributed by atoms with van der Waals surface area (Å²) < 4.78 is 38.6. The highest BCUT2D eigenvalue weighted by atomic mass is 19.1. The molecule has 0 aliphatic carbocycles. The van der Waals surface area contributed by atoms with Crippen molar-refractivity contribution in [3.05, 3.63) is 90.1 Å². The minimum atomic E-state index is -0.793. The van der Waals surface area contributed by atoms with E-state index in [0.717, 1.165) is 51.6 Å². The monoisotopic (exact) mass is 769 g/mol. The van der Waals surface area contributed by atoms with Gasteiger partial charge in [-0.15, -0.1) is 6.42 Å². The van der Waals surface area contributed by atoms with E-state index in [-0.39, 0.29) is 68.9 Å². The van der Waals surface area contributed by atoms with Gasteiger partial charge in [0, 0.05) is 48.5 Å². The molecular weight excluding hydrogens is 729 g/mol. The van der Waals surface area contributed by atoms with Gasteiger partial charge in [0.05, 0.1) is 28.6 Å². The van der Waals surface area contributed by atoms with Gasteiger partial charge in [0.1, 0.15) is 35.2 Å². The molecule has 2 amide bonds. The van der Waals surface area contributed by atoms with Crippen molar-refractivity contribution < 1.29 is 28.2 Å². The highest BCUT2D eigenvalue weighted by Gasteiger charge is 2.46. The lowest BCUT2D eigenvalue weighted by Gasteiger charge is -2.42. The number of phenols is 1. The van der Waals surface area contributed by atoms with E-state index in [4.69, 9.17) is 16.1 Å². The quantitative estimate of drug-likeness (QED) is 0.140. The van der Waals surface area contributed by atoms with Crippen molar-refractivity contribution in [1.82, 2.24) is 24.8 Å². The van der Waals surface area contributed by atoms with Crippen LogP contribution in [0.2, 0.25) is 0 Å². The molecule has 57 heavy (non-hydrogen) atoms. The third-order valence-corrected chi connectivity index (χ3v) is 12.4. The van der Waals surface area contributed by atoms with Gasteiger partial charge >= 0.3 is 6.01 Å². The molecule has 0 saturated carbocycles. The first-order valence-electron chi connectivity index (χ1n) is 19.3. The largest absolute Gasteiger partial charge is 0.508 e. The number of phenolic OH excluding ortho intramolecular Hbond substituents is 1. The summed E-state index contributed by atoms with van der Waals surface area (Å²) in [7, 11) is 1.64. The van der Waals surface area contributed by atoms with Crippen LogP contribution in [0.15, 0.2) is 67.4 Å². The number of piperazine rings is 1. The second kappa shape index (κ2) is 14.1. The number of pyridine rings is 1. The topological polar surface area (TPSA) is 115 Å². The fraction of sp³-hybridized carbons (Fsp3) is 0.341. The number of likely N-dealkylation sites (N-methyl/N-ethyl adjacent to an activating group) is 1. The number of aromatic hydroxyl groups is 1. The number of terminal acetylenes is 1. The van der Waals surface area contributed by atoms with Gasteiger partial charge in [-0.05, 0) is 99.5 Å². The SMILES string of the molecule is C#Cc1c(F)ccc2cc(O)cc(-c3ncc4c(N5CC6CCC(C5)N6C(=O)c5cccc(N(C)C(=O)C=C)c5)nc(OCC56CCCN5CCC6)nc4c3F)c12. The molecule has 2 atom stereocenters. The van der Waals surface area contributed by atoms with Crippen molar-refractivity contribution >= 4 is 45.0 Å². The number of benzene rings is 3. The van der Waals surface area contributed by atoms with Gasteiger partial charge in [0.2, 0.25) is 5.91 Å². The molecule has 11 nitrogen and oxygen atoms in total. The maximum Gasteiger partial charge on any atom is 0.319 e. The van der Waals surface area contributed by atoms with Crippen molar-refractivity contribution in [2.75, 3.05) is 49.6 Å². The molecule has 2 aromatic heterocycles. The molecule has 3 aromatic carbocycles. The second-order valence-corrected chi connectivity index (χ2v) is 15.5. The maximum absolute atomic E-state index is 17.2. The summed E-state index contributed by atoms with van der Waals surface area (Å²) in [5.41, 5.74) is 0.803. The number of rotatable bonds is 8. The van der Waals surface area contributed by atoms with Crippen LogP contribution in [0.1, 0.15) is 54.4 Å². The summed E-state index contributed by atoms with van der Waals surface area (Å²) >= 11 is 0. The second-order valence-electron chi connectivity index (χ2n) is 15.5. The molecule has 9 rings (SSSR count). The Hall–Kier alpha value is -6.13. The van der Waals surface area contributed by atoms with Crippen LogP contribution < -0.4 is 14.5 Å². The van der Waals surface area contributed by atoms with Crippen molar-refractivity contribution in [1.29, 1.82) is 0 Å². The Balaban J connectivity index is 1.10. The van der Waals surface area contributed by atoms with Crippen molar-refractivity contribution in [3.8, 4) is 35.4 Å². The average molecular weight is 770 g/mol. The molecule has 290 valence electrons. The molecule has 2 unspecified atom stereocenters. The number of carbonyl (C=O) groups excluding carboxylic acids is 2. The van der Waals surface area contributed by atoms with Gasteiger partial charge in [-0.25, -0.2) is 8.78 Å². The zero-order valence-electron chi connectivity index (χ0n) is 31.5. The van der Waals surface area contributed by atoms with Gasteiger partial charge in [-0.2, -0.15) is 9.97 Å². The summed E-state index contributed by atoms with van der Waals surface area (Å²) in [5, 5.41) is 11.7. The van der Waals surface area contributed by atoms with Crippen molar-refractivity contribution in [2.45, 2.75) is 56.1 Å². The lowest BCUT2D eigenvalue weighted by molar-refractivity contribution is -0.113. The Morgan fingerprint density at radius 1 is 1.09 bits per heavy atom. The molecule has 0 radical (unpaired) electrons. The average Bonchev–Trinajstić information content (AvgIpc) is 3.89. The summed E-state index contributed by atoms with van der Waals surface area (Å²) in [6.45, 7) is 6.79. The fourth-order valence-corrected chi connectivity index (χ4v) is 9.60. The number of hydrogen-bond donors (Lipinski definition) is 1. The van der Waals surface area contributed by atoms with Crippen LogP contribution in [0.3, 0.4) is 0 Å². The summed E-state index contributed by atoms with van der Waals surface area (Å²) in [4.78, 5) is 48.4. The number of hydrogen-bond acceptors (Lipinski definition) is 9. The van der Waals surface area contributed by atoms with Gasteiger partial charge in [-0.1, -0.05) is 24.6 Å². The van der Waals surface area contributed by atoms with Crippen molar-refractivity contribution in [3.63, 3.8) is 0 Å². The lowest BCUT2D eigenvalue weighted by Crippen LogP contribution is -2.56. The molecule has 2 bridgehead atoms. The first-order valence-corrected chi connectivity index (χ1v) is 19.3. The minimum absolute atomic E-state index is 0.0265. The summed E-state index contributed by atoms with van der Waals surface area (Å²) in [5.74, 6) is 0.806. The molecule has 4 saturated heterocycles. The van der Waals surface area contributed by atoms with Crippen LogP contribution in [0.5, 0.6) is 11.8 Å². The molecule has 4 aliphatic rings. The van der Waals surface area contributed by atoms with E-state index < -0.39 is 11.6 Å². The van der Waals surface area contributed by atoms with Crippen LogP contribution in [0.4, 0.5) is 20.3 Å². The zero-order valence-corrected chi connectivity index (χ0v) is 31.5. The molecule has 6 heterocycles. The Kier molecular flexibility index (Phi) is 9.04. The number of halogens is 2. The van der Waals surface area contributed by atoms with E-state index in [9.17, 15) is 14.7 Å². The van der Waals surface area contributed by atoms with Crippen molar-refractivity contribution in [2.24, 2.45) is 0 Å². The van der Waals surface area contributed by atoms with Crippen LogP contribution in [-0.4, -0.2) is 99.1 Å².